The van der Waals surface area contributed by atoms with E-state index in [-0.39, 0.29) is 6.04 Å². The van der Waals surface area contributed by atoms with E-state index in [0.717, 1.165) is 19.0 Å². The third kappa shape index (κ3) is 2.42. The van der Waals surface area contributed by atoms with E-state index in [2.05, 4.69) is 29.8 Å². The van der Waals surface area contributed by atoms with Gasteiger partial charge in [-0.3, -0.25) is 9.88 Å². The SMILES string of the molecule is CC1CCN(C(c2cccnc2)C(C)N)C1. The predicted molar refractivity (Wildman–Crippen MR) is 66.0 cm³/mol. The van der Waals surface area contributed by atoms with Crippen LogP contribution < -0.4 is 5.73 Å². The summed E-state index contributed by atoms with van der Waals surface area (Å²) in [6.07, 6.45) is 5.04. The van der Waals surface area contributed by atoms with Gasteiger partial charge in [0.2, 0.25) is 0 Å². The van der Waals surface area contributed by atoms with E-state index in [1.165, 1.54) is 12.0 Å². The largest absolute Gasteiger partial charge is 0.326 e. The summed E-state index contributed by atoms with van der Waals surface area (Å²) in [6, 6.07) is 4.59. The summed E-state index contributed by atoms with van der Waals surface area (Å²) in [5, 5.41) is 0. The maximum Gasteiger partial charge on any atom is 0.0511 e. The minimum absolute atomic E-state index is 0.148. The fraction of sp³-hybridized carbons (Fsp3) is 0.615. The molecule has 3 heteroatoms. The van der Waals surface area contributed by atoms with Gasteiger partial charge < -0.3 is 5.73 Å². The summed E-state index contributed by atoms with van der Waals surface area (Å²) < 4.78 is 0. The Morgan fingerprint density at radius 3 is 2.88 bits per heavy atom. The summed E-state index contributed by atoms with van der Waals surface area (Å²) in [5.74, 6) is 0.790. The van der Waals surface area contributed by atoms with E-state index in [4.69, 9.17) is 5.73 Å². The van der Waals surface area contributed by atoms with Crippen LogP contribution in [0.4, 0.5) is 0 Å². The first-order chi connectivity index (χ1) is 7.68. The van der Waals surface area contributed by atoms with E-state index in [9.17, 15) is 0 Å². The molecule has 2 N–H and O–H groups in total. The number of hydrogen-bond donors (Lipinski definition) is 1. The lowest BCUT2D eigenvalue weighted by Gasteiger charge is -2.31. The number of nitrogens with zero attached hydrogens (tertiary/aromatic N) is 2. The van der Waals surface area contributed by atoms with Crippen molar-refractivity contribution >= 4 is 0 Å². The van der Waals surface area contributed by atoms with E-state index >= 15 is 0 Å². The molecule has 1 aromatic rings. The van der Waals surface area contributed by atoms with Crippen LogP contribution in [0.3, 0.4) is 0 Å². The lowest BCUT2D eigenvalue weighted by Crippen LogP contribution is -2.38. The standard InChI is InChI=1S/C13H21N3/c1-10-5-7-16(9-10)13(11(2)14)12-4-3-6-15-8-12/h3-4,6,8,10-11,13H,5,7,9,14H2,1-2H3. The van der Waals surface area contributed by atoms with Gasteiger partial charge in [0.05, 0.1) is 6.04 Å². The molecule has 0 radical (unpaired) electrons. The maximum atomic E-state index is 6.12. The van der Waals surface area contributed by atoms with Crippen LogP contribution in [0.25, 0.3) is 0 Å². The Labute approximate surface area is 97.7 Å². The molecule has 1 aromatic heterocycles. The number of pyridine rings is 1. The molecule has 88 valence electrons. The van der Waals surface area contributed by atoms with Crippen molar-refractivity contribution < 1.29 is 0 Å². The highest BCUT2D eigenvalue weighted by molar-refractivity contribution is 5.16. The van der Waals surface area contributed by atoms with Crippen molar-refractivity contribution in [1.82, 2.24) is 9.88 Å². The third-order valence-electron chi connectivity index (χ3n) is 3.37. The van der Waals surface area contributed by atoms with Gasteiger partial charge in [0.15, 0.2) is 0 Å². The molecule has 3 unspecified atom stereocenters. The van der Waals surface area contributed by atoms with E-state index in [0.29, 0.717) is 6.04 Å². The van der Waals surface area contributed by atoms with Gasteiger partial charge >= 0.3 is 0 Å². The second-order valence-electron chi connectivity index (χ2n) is 4.98. The zero-order valence-corrected chi connectivity index (χ0v) is 10.1. The summed E-state index contributed by atoms with van der Waals surface area (Å²) in [7, 11) is 0. The van der Waals surface area contributed by atoms with Crippen LogP contribution in [0.2, 0.25) is 0 Å². The molecule has 0 bridgehead atoms. The highest BCUT2D eigenvalue weighted by atomic mass is 15.2. The minimum atomic E-state index is 0.148. The Hall–Kier alpha value is -0.930. The molecule has 0 aromatic carbocycles. The molecule has 16 heavy (non-hydrogen) atoms. The Morgan fingerprint density at radius 2 is 2.38 bits per heavy atom. The second kappa shape index (κ2) is 4.93. The van der Waals surface area contributed by atoms with Crippen molar-refractivity contribution in [3.63, 3.8) is 0 Å². The van der Waals surface area contributed by atoms with Crippen molar-refractivity contribution in [2.45, 2.75) is 32.4 Å². The summed E-state index contributed by atoms with van der Waals surface area (Å²) >= 11 is 0. The molecule has 0 spiro atoms. The van der Waals surface area contributed by atoms with Crippen LogP contribution in [0, 0.1) is 5.92 Å². The zero-order valence-electron chi connectivity index (χ0n) is 10.1. The average Bonchev–Trinajstić information content (AvgIpc) is 2.66. The molecule has 2 heterocycles. The van der Waals surface area contributed by atoms with E-state index < -0.39 is 0 Å². The van der Waals surface area contributed by atoms with Gasteiger partial charge in [0, 0.05) is 25.0 Å². The Bertz CT molecular complexity index is 323. The van der Waals surface area contributed by atoms with E-state index in [1.54, 1.807) is 0 Å². The molecule has 0 saturated carbocycles. The molecule has 3 nitrogen and oxygen atoms in total. The summed E-state index contributed by atoms with van der Waals surface area (Å²) in [5.41, 5.74) is 7.37. The van der Waals surface area contributed by atoms with Gasteiger partial charge in [-0.1, -0.05) is 13.0 Å². The lowest BCUT2D eigenvalue weighted by atomic mass is 10.0. The number of nitrogens with two attached hydrogens (primary N) is 1. The second-order valence-corrected chi connectivity index (χ2v) is 4.98. The van der Waals surface area contributed by atoms with Gasteiger partial charge in [-0.15, -0.1) is 0 Å². The maximum absolute atomic E-state index is 6.12. The molecule has 0 amide bonds. The molecular weight excluding hydrogens is 198 g/mol. The molecule has 1 fully saturated rings. The number of likely N-dealkylation sites (tertiary alicyclic amines) is 1. The molecule has 2 rings (SSSR count). The number of hydrogen-bond acceptors (Lipinski definition) is 3. The van der Waals surface area contributed by atoms with Gasteiger partial charge in [0.1, 0.15) is 0 Å². The Balaban J connectivity index is 2.18. The summed E-state index contributed by atoms with van der Waals surface area (Å²) in [4.78, 5) is 6.69. The van der Waals surface area contributed by atoms with Crippen LogP contribution in [0.15, 0.2) is 24.5 Å². The highest BCUT2D eigenvalue weighted by Crippen LogP contribution is 2.28. The monoisotopic (exact) mass is 219 g/mol. The predicted octanol–water partition coefficient (Wildman–Crippen LogP) is 1.81. The average molecular weight is 219 g/mol. The smallest absolute Gasteiger partial charge is 0.0511 e. The van der Waals surface area contributed by atoms with Crippen molar-refractivity contribution in [1.29, 1.82) is 0 Å². The first-order valence-corrected chi connectivity index (χ1v) is 6.08. The van der Waals surface area contributed by atoms with Crippen molar-refractivity contribution in [2.75, 3.05) is 13.1 Å². The first-order valence-electron chi connectivity index (χ1n) is 6.08. The van der Waals surface area contributed by atoms with Crippen LogP contribution in [-0.2, 0) is 0 Å². The van der Waals surface area contributed by atoms with Gasteiger partial charge in [0.25, 0.3) is 0 Å². The van der Waals surface area contributed by atoms with Crippen molar-refractivity contribution in [2.24, 2.45) is 11.7 Å². The molecule has 0 aliphatic carbocycles. The number of aromatic nitrogens is 1. The van der Waals surface area contributed by atoms with Gasteiger partial charge in [-0.05, 0) is 37.4 Å². The zero-order chi connectivity index (χ0) is 11.5. The molecule has 1 saturated heterocycles. The highest BCUT2D eigenvalue weighted by Gasteiger charge is 2.29. The Morgan fingerprint density at radius 1 is 1.56 bits per heavy atom. The normalized spacial score (nSPS) is 25.6. The van der Waals surface area contributed by atoms with Gasteiger partial charge in [-0.2, -0.15) is 0 Å². The molecule has 3 atom stereocenters. The topological polar surface area (TPSA) is 42.2 Å². The summed E-state index contributed by atoms with van der Waals surface area (Å²) in [6.45, 7) is 6.70. The molecule has 1 aliphatic rings. The van der Waals surface area contributed by atoms with Crippen LogP contribution >= 0.6 is 0 Å². The van der Waals surface area contributed by atoms with Crippen LogP contribution in [0.5, 0.6) is 0 Å². The van der Waals surface area contributed by atoms with Crippen molar-refractivity contribution in [3.8, 4) is 0 Å². The number of rotatable bonds is 3. The fourth-order valence-corrected chi connectivity index (χ4v) is 2.62. The lowest BCUT2D eigenvalue weighted by molar-refractivity contribution is 0.212. The van der Waals surface area contributed by atoms with Crippen molar-refractivity contribution in [3.05, 3.63) is 30.1 Å². The van der Waals surface area contributed by atoms with Crippen LogP contribution in [-0.4, -0.2) is 29.0 Å². The molecular formula is C13H21N3. The van der Waals surface area contributed by atoms with E-state index in [1.807, 2.05) is 18.5 Å². The minimum Gasteiger partial charge on any atom is -0.326 e. The first kappa shape index (κ1) is 11.6. The fourth-order valence-electron chi connectivity index (χ4n) is 2.62. The third-order valence-corrected chi connectivity index (χ3v) is 3.37. The quantitative estimate of drug-likeness (QED) is 0.843. The van der Waals surface area contributed by atoms with Gasteiger partial charge in [-0.25, -0.2) is 0 Å². The Kier molecular flexibility index (Phi) is 3.56. The molecule has 1 aliphatic heterocycles. The van der Waals surface area contributed by atoms with Crippen LogP contribution in [0.1, 0.15) is 31.9 Å².